The maximum Gasteiger partial charge on any atom is 0.174 e. The Labute approximate surface area is 338 Å². The maximum atomic E-state index is 6.80. The molecule has 0 saturated heterocycles. The summed E-state index contributed by atoms with van der Waals surface area (Å²) in [5.74, 6) is 1.72. The average molecular weight is 751 g/mol. The molecular weight excluding hydrogens is 709 g/mol. The summed E-state index contributed by atoms with van der Waals surface area (Å²) in [6.07, 6.45) is 1.81. The molecule has 0 spiro atoms. The van der Waals surface area contributed by atoms with Crippen LogP contribution in [-0.2, 0) is 12.8 Å². The first kappa shape index (κ1) is 34.2. The number of aryl methyl sites for hydroxylation is 6. The quantitative estimate of drug-likeness (QED) is 0.169. The summed E-state index contributed by atoms with van der Waals surface area (Å²) in [7, 11) is 0. The Hall–Kier alpha value is -7.04. The number of rotatable bonds is 6. The highest BCUT2D eigenvalue weighted by Gasteiger charge is 2.29. The maximum absolute atomic E-state index is 6.80. The Morgan fingerprint density at radius 2 is 0.638 bits per heavy atom. The van der Waals surface area contributed by atoms with Crippen LogP contribution in [0.15, 0.2) is 167 Å². The molecule has 0 radical (unpaired) electrons. The predicted octanol–water partition coefficient (Wildman–Crippen LogP) is 15.4. The molecule has 11 rings (SSSR count). The van der Waals surface area contributed by atoms with Gasteiger partial charge in [-0.3, -0.25) is 0 Å². The summed E-state index contributed by atoms with van der Waals surface area (Å²) in [5, 5.41) is 6.98. The smallest absolute Gasteiger partial charge is 0.174 e. The minimum absolute atomic E-state index is 0.860. The van der Waals surface area contributed by atoms with Crippen LogP contribution in [0.5, 0.6) is 0 Å². The van der Waals surface area contributed by atoms with Gasteiger partial charge in [0.05, 0.1) is 0 Å². The summed E-state index contributed by atoms with van der Waals surface area (Å²) in [6, 6.07) is 57.5. The first-order valence-corrected chi connectivity index (χ1v) is 20.2. The molecule has 1 aliphatic rings. The number of hydrogen-bond acceptors (Lipinski definition) is 4. The molecule has 0 saturated carbocycles. The first-order chi connectivity index (χ1) is 28.3. The third-order valence-electron chi connectivity index (χ3n) is 12.0. The van der Waals surface area contributed by atoms with Crippen LogP contribution in [0.4, 0.5) is 34.1 Å². The molecule has 2 aromatic heterocycles. The second-order valence-electron chi connectivity index (χ2n) is 16.1. The van der Waals surface area contributed by atoms with Gasteiger partial charge < -0.3 is 18.6 Å². The van der Waals surface area contributed by atoms with Crippen LogP contribution in [0.2, 0.25) is 0 Å². The van der Waals surface area contributed by atoms with Gasteiger partial charge >= 0.3 is 0 Å². The summed E-state index contributed by atoms with van der Waals surface area (Å²) >= 11 is 0. The highest BCUT2D eigenvalue weighted by Crippen LogP contribution is 2.47. The van der Waals surface area contributed by atoms with Gasteiger partial charge in [-0.15, -0.1) is 0 Å². The van der Waals surface area contributed by atoms with Crippen LogP contribution in [-0.4, -0.2) is 0 Å². The number of nitrogens with zero attached hydrogens (tertiary/aromatic N) is 2. The van der Waals surface area contributed by atoms with Gasteiger partial charge in [-0.05, 0) is 159 Å². The van der Waals surface area contributed by atoms with Crippen molar-refractivity contribution in [3.8, 4) is 11.5 Å². The lowest BCUT2D eigenvalue weighted by Crippen LogP contribution is -2.09. The number of benzene rings is 8. The van der Waals surface area contributed by atoms with Crippen LogP contribution in [0.3, 0.4) is 0 Å². The third kappa shape index (κ3) is 5.75. The largest absolute Gasteiger partial charge is 0.452 e. The van der Waals surface area contributed by atoms with Crippen LogP contribution >= 0.6 is 0 Å². The van der Waals surface area contributed by atoms with Crippen molar-refractivity contribution in [3.05, 3.63) is 191 Å². The van der Waals surface area contributed by atoms with Gasteiger partial charge in [0.25, 0.3) is 0 Å². The number of fused-ring (bicyclic) bond motifs is 9. The average Bonchev–Trinajstić information content (AvgIpc) is 3.79. The Morgan fingerprint density at radius 3 is 0.966 bits per heavy atom. The van der Waals surface area contributed by atoms with Gasteiger partial charge in [-0.25, -0.2) is 0 Å². The van der Waals surface area contributed by atoms with Crippen molar-refractivity contribution < 1.29 is 8.83 Å². The SMILES string of the molecule is Cc1ccc(N(c2ccc(C)cc2)c2ccc3cc4c5c(oc4cc3c2)-c2oc3cc4cc(N(c6ccc(C)cc6)c6ccc(C)cc6)ccc4cc3c2CC5)cc1. The van der Waals surface area contributed by atoms with Gasteiger partial charge in [0.2, 0.25) is 0 Å². The Balaban J connectivity index is 0.992. The van der Waals surface area contributed by atoms with Crippen molar-refractivity contribution in [2.75, 3.05) is 9.80 Å². The van der Waals surface area contributed by atoms with Crippen molar-refractivity contribution in [3.63, 3.8) is 0 Å². The normalized spacial score (nSPS) is 12.3. The summed E-state index contributed by atoms with van der Waals surface area (Å²) in [5.41, 5.74) is 15.9. The molecule has 1 aliphatic carbocycles. The summed E-state index contributed by atoms with van der Waals surface area (Å²) < 4.78 is 13.6. The van der Waals surface area contributed by atoms with E-state index in [0.29, 0.717) is 0 Å². The number of hydrogen-bond donors (Lipinski definition) is 0. The Bertz CT molecular complexity index is 2880. The van der Waals surface area contributed by atoms with Gasteiger partial charge in [0.15, 0.2) is 11.5 Å². The molecule has 0 amide bonds. The van der Waals surface area contributed by atoms with Crippen molar-refractivity contribution in [2.24, 2.45) is 0 Å². The van der Waals surface area contributed by atoms with E-state index in [2.05, 4.69) is 195 Å². The Morgan fingerprint density at radius 1 is 0.328 bits per heavy atom. The summed E-state index contributed by atoms with van der Waals surface area (Å²) in [4.78, 5) is 4.65. The molecule has 2 heterocycles. The molecule has 0 unspecified atom stereocenters. The number of anilines is 6. The van der Waals surface area contributed by atoms with Crippen molar-refractivity contribution in [1.82, 2.24) is 0 Å². The monoisotopic (exact) mass is 750 g/mol. The molecular formula is C54H42N2O2. The van der Waals surface area contributed by atoms with E-state index in [1.165, 1.54) is 44.2 Å². The zero-order valence-electron chi connectivity index (χ0n) is 33.1. The van der Waals surface area contributed by atoms with Gasteiger partial charge in [-0.1, -0.05) is 82.9 Å². The lowest BCUT2D eigenvalue weighted by Gasteiger charge is -2.26. The lowest BCUT2D eigenvalue weighted by molar-refractivity contribution is 0.556. The minimum atomic E-state index is 0.860. The zero-order valence-corrected chi connectivity index (χ0v) is 33.1. The lowest BCUT2D eigenvalue weighted by atomic mass is 9.91. The standard InChI is InChI=1S/C54H42N2O2/c1-33-5-15-41(16-6-33)55(42-17-7-34(2)8-18-42)45-23-13-37-29-49-47-25-26-48-50-30-38-14-24-46(56(43-19-9-35(3)10-20-43)44-21-11-36(4)12-22-44)28-40(38)32-52(50)58-54(48)53(47)57-51(49)31-39(37)27-45/h5-24,27-32H,25-26H2,1-4H3. The molecule has 4 heteroatoms. The molecule has 0 N–H and O–H groups in total. The van der Waals surface area contributed by atoms with E-state index in [0.717, 1.165) is 91.2 Å². The molecule has 0 fully saturated rings. The molecule has 8 aromatic carbocycles. The second-order valence-corrected chi connectivity index (χ2v) is 16.1. The van der Waals surface area contributed by atoms with Crippen molar-refractivity contribution in [2.45, 2.75) is 40.5 Å². The molecule has 10 aromatic rings. The fraction of sp³-hybridized carbons (Fsp3) is 0.111. The Kier molecular flexibility index (Phi) is 7.84. The third-order valence-corrected chi connectivity index (χ3v) is 12.0. The predicted molar refractivity (Wildman–Crippen MR) is 242 cm³/mol. The van der Waals surface area contributed by atoms with E-state index in [1.54, 1.807) is 0 Å². The fourth-order valence-electron chi connectivity index (χ4n) is 8.82. The fourth-order valence-corrected chi connectivity index (χ4v) is 8.82. The van der Waals surface area contributed by atoms with E-state index in [4.69, 9.17) is 8.83 Å². The van der Waals surface area contributed by atoms with Crippen LogP contribution in [0.25, 0.3) is 55.0 Å². The first-order valence-electron chi connectivity index (χ1n) is 20.2. The van der Waals surface area contributed by atoms with Crippen LogP contribution in [0, 0.1) is 27.7 Å². The van der Waals surface area contributed by atoms with E-state index in [-0.39, 0.29) is 0 Å². The van der Waals surface area contributed by atoms with Gasteiger partial charge in [0.1, 0.15) is 11.2 Å². The van der Waals surface area contributed by atoms with E-state index < -0.39 is 0 Å². The van der Waals surface area contributed by atoms with E-state index in [1.807, 2.05) is 0 Å². The van der Waals surface area contributed by atoms with Crippen molar-refractivity contribution >= 4 is 77.6 Å². The van der Waals surface area contributed by atoms with Crippen LogP contribution < -0.4 is 9.80 Å². The zero-order chi connectivity index (χ0) is 39.1. The minimum Gasteiger partial charge on any atom is -0.452 e. The van der Waals surface area contributed by atoms with Crippen LogP contribution in [0.1, 0.15) is 33.4 Å². The van der Waals surface area contributed by atoms with Crippen molar-refractivity contribution in [1.29, 1.82) is 0 Å². The molecule has 0 bridgehead atoms. The highest BCUT2D eigenvalue weighted by atomic mass is 16.4. The second kappa shape index (κ2) is 13.3. The number of furan rings is 2. The highest BCUT2D eigenvalue weighted by molar-refractivity contribution is 6.05. The van der Waals surface area contributed by atoms with E-state index >= 15 is 0 Å². The molecule has 0 atom stereocenters. The van der Waals surface area contributed by atoms with Gasteiger partial charge in [0, 0.05) is 56.0 Å². The van der Waals surface area contributed by atoms with Gasteiger partial charge in [-0.2, -0.15) is 0 Å². The van der Waals surface area contributed by atoms with E-state index in [9.17, 15) is 0 Å². The molecule has 0 aliphatic heterocycles. The molecule has 4 nitrogen and oxygen atoms in total. The summed E-state index contributed by atoms with van der Waals surface area (Å²) in [6.45, 7) is 8.52. The molecule has 280 valence electrons. The topological polar surface area (TPSA) is 32.8 Å². The molecule has 58 heavy (non-hydrogen) atoms.